The van der Waals surface area contributed by atoms with E-state index in [0.717, 1.165) is 16.5 Å². The Labute approximate surface area is 149 Å². The molecule has 0 spiro atoms. The molecule has 0 saturated carbocycles. The molecule has 2 heterocycles. The van der Waals surface area contributed by atoms with Crippen LogP contribution in [0.25, 0.3) is 11.4 Å². The number of aromatic nitrogens is 5. The summed E-state index contributed by atoms with van der Waals surface area (Å²) < 4.78 is 7.27. The quantitative estimate of drug-likeness (QED) is 0.622. The molecule has 0 N–H and O–H groups in total. The molecular formula is C16H18ClN5OS. The maximum absolute atomic E-state index is 6.25. The lowest BCUT2D eigenvalue weighted by Crippen LogP contribution is -1.98. The summed E-state index contributed by atoms with van der Waals surface area (Å²) >= 11 is 7.77. The van der Waals surface area contributed by atoms with E-state index in [2.05, 4.69) is 20.3 Å². The fourth-order valence-corrected chi connectivity index (χ4v) is 3.22. The fourth-order valence-electron chi connectivity index (χ4n) is 2.15. The summed E-state index contributed by atoms with van der Waals surface area (Å²) in [4.78, 5) is 4.44. The van der Waals surface area contributed by atoms with Crippen molar-refractivity contribution in [3.05, 3.63) is 41.0 Å². The van der Waals surface area contributed by atoms with E-state index in [-0.39, 0.29) is 11.2 Å². The van der Waals surface area contributed by atoms with Crippen LogP contribution in [0.1, 0.15) is 43.7 Å². The van der Waals surface area contributed by atoms with E-state index in [1.54, 1.807) is 0 Å². The minimum atomic E-state index is -0.0213. The van der Waals surface area contributed by atoms with Gasteiger partial charge in [0.05, 0.1) is 10.3 Å². The molecule has 3 rings (SSSR count). The van der Waals surface area contributed by atoms with Gasteiger partial charge in [0.15, 0.2) is 16.8 Å². The van der Waals surface area contributed by atoms with E-state index in [0.29, 0.717) is 16.7 Å². The lowest BCUT2D eigenvalue weighted by molar-refractivity contribution is 0.373. The Bertz CT molecular complexity index is 845. The minimum absolute atomic E-state index is 0.0213. The molecular weight excluding hydrogens is 346 g/mol. The van der Waals surface area contributed by atoms with E-state index in [1.807, 2.05) is 56.7 Å². The molecule has 1 atom stereocenters. The molecule has 0 aliphatic rings. The molecule has 0 radical (unpaired) electrons. The van der Waals surface area contributed by atoms with Crippen LogP contribution >= 0.6 is 23.4 Å². The number of hydrogen-bond donors (Lipinski definition) is 0. The second-order valence-electron chi connectivity index (χ2n) is 5.75. The minimum Gasteiger partial charge on any atom is -0.338 e. The SMILES string of the molecule is CC(C)c1noc([C@@H](C)Sc2nnc(-c3ccccc3Cl)n2C)n1. The number of hydrogen-bond acceptors (Lipinski definition) is 6. The van der Waals surface area contributed by atoms with Crippen LogP contribution in [0.15, 0.2) is 33.9 Å². The first-order valence-electron chi connectivity index (χ1n) is 7.61. The highest BCUT2D eigenvalue weighted by Gasteiger charge is 2.21. The van der Waals surface area contributed by atoms with Crippen LogP contribution in [-0.2, 0) is 7.05 Å². The summed E-state index contributed by atoms with van der Waals surface area (Å²) in [5.41, 5.74) is 0.855. The summed E-state index contributed by atoms with van der Waals surface area (Å²) in [6.45, 7) is 6.07. The van der Waals surface area contributed by atoms with Gasteiger partial charge in [-0.1, -0.05) is 54.5 Å². The Kier molecular flexibility index (Phi) is 4.91. The van der Waals surface area contributed by atoms with Gasteiger partial charge in [-0.05, 0) is 19.1 Å². The Morgan fingerprint density at radius 2 is 1.92 bits per heavy atom. The van der Waals surface area contributed by atoms with Gasteiger partial charge in [-0.25, -0.2) is 0 Å². The van der Waals surface area contributed by atoms with E-state index in [4.69, 9.17) is 16.1 Å². The van der Waals surface area contributed by atoms with Gasteiger partial charge in [0.1, 0.15) is 0 Å². The topological polar surface area (TPSA) is 69.6 Å². The second kappa shape index (κ2) is 6.94. The second-order valence-corrected chi connectivity index (χ2v) is 7.47. The van der Waals surface area contributed by atoms with Crippen molar-refractivity contribution in [1.29, 1.82) is 0 Å². The molecule has 2 aromatic heterocycles. The van der Waals surface area contributed by atoms with Gasteiger partial charge in [0.25, 0.3) is 0 Å². The third-order valence-corrected chi connectivity index (χ3v) is 5.00. The monoisotopic (exact) mass is 363 g/mol. The van der Waals surface area contributed by atoms with Gasteiger partial charge in [0, 0.05) is 18.5 Å². The van der Waals surface area contributed by atoms with Crippen molar-refractivity contribution >= 4 is 23.4 Å². The molecule has 8 heteroatoms. The summed E-state index contributed by atoms with van der Waals surface area (Å²) in [5.74, 6) is 2.27. The highest BCUT2D eigenvalue weighted by Crippen LogP contribution is 2.35. The Morgan fingerprint density at radius 1 is 1.17 bits per heavy atom. The smallest absolute Gasteiger partial charge is 0.239 e. The summed E-state index contributed by atoms with van der Waals surface area (Å²) in [5, 5.41) is 13.9. The first kappa shape index (κ1) is 17.0. The van der Waals surface area contributed by atoms with Gasteiger partial charge in [-0.2, -0.15) is 4.98 Å². The first-order valence-corrected chi connectivity index (χ1v) is 8.87. The van der Waals surface area contributed by atoms with Gasteiger partial charge < -0.3 is 9.09 Å². The van der Waals surface area contributed by atoms with E-state index < -0.39 is 0 Å². The molecule has 24 heavy (non-hydrogen) atoms. The Morgan fingerprint density at radius 3 is 2.58 bits per heavy atom. The molecule has 0 unspecified atom stereocenters. The van der Waals surface area contributed by atoms with Crippen LogP contribution in [0.2, 0.25) is 5.02 Å². The first-order chi connectivity index (χ1) is 11.5. The van der Waals surface area contributed by atoms with Gasteiger partial charge >= 0.3 is 0 Å². The molecule has 126 valence electrons. The van der Waals surface area contributed by atoms with Crippen molar-refractivity contribution in [2.75, 3.05) is 0 Å². The maximum atomic E-state index is 6.25. The average molecular weight is 364 g/mol. The third-order valence-electron chi connectivity index (χ3n) is 3.55. The number of thioether (sulfide) groups is 1. The Balaban J connectivity index is 1.82. The molecule has 0 bridgehead atoms. The molecule has 0 fully saturated rings. The van der Waals surface area contributed by atoms with E-state index in [1.165, 1.54) is 11.8 Å². The molecule has 0 aliphatic carbocycles. The zero-order valence-electron chi connectivity index (χ0n) is 13.9. The van der Waals surface area contributed by atoms with Crippen LogP contribution in [0.3, 0.4) is 0 Å². The van der Waals surface area contributed by atoms with Gasteiger partial charge in [-0.3, -0.25) is 0 Å². The summed E-state index contributed by atoms with van der Waals surface area (Å²) in [7, 11) is 1.92. The largest absolute Gasteiger partial charge is 0.338 e. The predicted octanol–water partition coefficient (Wildman–Crippen LogP) is 4.50. The number of nitrogens with zero attached hydrogens (tertiary/aromatic N) is 5. The van der Waals surface area contributed by atoms with Crippen LogP contribution in [0.5, 0.6) is 0 Å². The Hall–Kier alpha value is -1.86. The lowest BCUT2D eigenvalue weighted by Gasteiger charge is -2.07. The number of rotatable bonds is 5. The van der Waals surface area contributed by atoms with E-state index in [9.17, 15) is 0 Å². The zero-order valence-corrected chi connectivity index (χ0v) is 15.5. The van der Waals surface area contributed by atoms with Crippen LogP contribution in [0.4, 0.5) is 0 Å². The maximum Gasteiger partial charge on any atom is 0.239 e. The standard InChI is InChI=1S/C16H18ClN5OS/c1-9(2)13-18-15(23-21-13)10(3)24-16-20-19-14(22(16)4)11-7-5-6-8-12(11)17/h5-10H,1-4H3/t10-/m1/s1. The summed E-state index contributed by atoms with van der Waals surface area (Å²) in [6.07, 6.45) is 0. The van der Waals surface area contributed by atoms with Crippen molar-refractivity contribution in [3.8, 4) is 11.4 Å². The van der Waals surface area contributed by atoms with Crippen molar-refractivity contribution in [1.82, 2.24) is 24.9 Å². The lowest BCUT2D eigenvalue weighted by atomic mass is 10.2. The fraction of sp³-hybridized carbons (Fsp3) is 0.375. The van der Waals surface area contributed by atoms with Crippen LogP contribution in [-0.4, -0.2) is 24.9 Å². The van der Waals surface area contributed by atoms with Crippen molar-refractivity contribution in [3.63, 3.8) is 0 Å². The summed E-state index contributed by atoms with van der Waals surface area (Å²) in [6, 6.07) is 7.59. The van der Waals surface area contributed by atoms with Crippen molar-refractivity contribution in [2.45, 2.75) is 37.1 Å². The predicted molar refractivity (Wildman–Crippen MR) is 94.1 cm³/mol. The van der Waals surface area contributed by atoms with Gasteiger partial charge in [-0.15, -0.1) is 10.2 Å². The normalized spacial score (nSPS) is 12.8. The molecule has 0 aliphatic heterocycles. The molecule has 0 amide bonds. The molecule has 0 saturated heterocycles. The third kappa shape index (κ3) is 3.32. The van der Waals surface area contributed by atoms with Gasteiger partial charge in [0.2, 0.25) is 5.89 Å². The highest BCUT2D eigenvalue weighted by atomic mass is 35.5. The van der Waals surface area contributed by atoms with Crippen LogP contribution in [0, 0.1) is 0 Å². The van der Waals surface area contributed by atoms with Crippen LogP contribution < -0.4 is 0 Å². The average Bonchev–Trinajstić information content (AvgIpc) is 3.17. The van der Waals surface area contributed by atoms with Crippen molar-refractivity contribution in [2.24, 2.45) is 7.05 Å². The number of benzene rings is 1. The molecule has 3 aromatic rings. The molecule has 6 nitrogen and oxygen atoms in total. The molecule has 1 aromatic carbocycles. The number of halogens is 1. The van der Waals surface area contributed by atoms with E-state index >= 15 is 0 Å². The van der Waals surface area contributed by atoms with Crippen molar-refractivity contribution < 1.29 is 4.52 Å². The highest BCUT2D eigenvalue weighted by molar-refractivity contribution is 7.99. The zero-order chi connectivity index (χ0) is 17.3.